The van der Waals surface area contributed by atoms with Crippen LogP contribution in [0.2, 0.25) is 0 Å². The van der Waals surface area contributed by atoms with Gasteiger partial charge in [-0.1, -0.05) is 57.0 Å². The minimum atomic E-state index is -0.622. The quantitative estimate of drug-likeness (QED) is 0.743. The van der Waals surface area contributed by atoms with Gasteiger partial charge in [-0.25, -0.2) is 4.84 Å². The third-order valence-corrected chi connectivity index (χ3v) is 3.93. The van der Waals surface area contributed by atoms with Crippen molar-refractivity contribution in [2.75, 3.05) is 0 Å². The largest absolute Gasteiger partial charge is 0.429 e. The number of unbranched alkanes of at least 4 members (excludes halogenated alkanes) is 1. The molecule has 4 heteroatoms. The fourth-order valence-corrected chi connectivity index (χ4v) is 2.52. The van der Waals surface area contributed by atoms with E-state index in [1.54, 1.807) is 6.20 Å². The predicted octanol–water partition coefficient (Wildman–Crippen LogP) is 3.73. The fourth-order valence-electron chi connectivity index (χ4n) is 2.52. The van der Waals surface area contributed by atoms with Crippen LogP contribution in [0.5, 0.6) is 0 Å². The highest BCUT2D eigenvalue weighted by Crippen LogP contribution is 2.22. The molecule has 1 aliphatic heterocycles. The second kappa shape index (κ2) is 8.59. The summed E-state index contributed by atoms with van der Waals surface area (Å²) in [6, 6.07) is 10.1. The lowest BCUT2D eigenvalue weighted by Crippen LogP contribution is -2.27. The van der Waals surface area contributed by atoms with Gasteiger partial charge in [-0.05, 0) is 18.4 Å². The van der Waals surface area contributed by atoms with E-state index in [4.69, 9.17) is 9.57 Å². The number of esters is 1. The fraction of sp³-hybridized carbons (Fsp3) is 0.500. The summed E-state index contributed by atoms with van der Waals surface area (Å²) in [5, 5.41) is 0. The van der Waals surface area contributed by atoms with Crippen LogP contribution >= 0.6 is 0 Å². The molecule has 1 heterocycles. The summed E-state index contributed by atoms with van der Waals surface area (Å²) in [6.45, 7) is 4.15. The molecule has 120 valence electrons. The molecule has 0 saturated carbocycles. The second-order valence-electron chi connectivity index (χ2n) is 5.63. The highest BCUT2D eigenvalue weighted by atomic mass is 16.8. The van der Waals surface area contributed by atoms with Gasteiger partial charge >= 0.3 is 5.97 Å². The third kappa shape index (κ3) is 4.60. The smallest absolute Gasteiger partial charge is 0.311 e. The van der Waals surface area contributed by atoms with Crippen molar-refractivity contribution in [1.82, 2.24) is 5.48 Å². The maximum Gasteiger partial charge on any atom is 0.311 e. The van der Waals surface area contributed by atoms with Crippen LogP contribution in [0.3, 0.4) is 0 Å². The molecule has 1 N–H and O–H groups in total. The van der Waals surface area contributed by atoms with E-state index >= 15 is 0 Å². The Kier molecular flexibility index (Phi) is 6.46. The van der Waals surface area contributed by atoms with Crippen LogP contribution in [0.1, 0.15) is 45.1 Å². The van der Waals surface area contributed by atoms with Crippen molar-refractivity contribution in [3.8, 4) is 0 Å². The molecule has 0 saturated heterocycles. The second-order valence-corrected chi connectivity index (χ2v) is 5.63. The van der Waals surface area contributed by atoms with Crippen LogP contribution in [-0.2, 0) is 20.8 Å². The SMILES string of the molecule is CCCCC(CC)C(=O)OC1ONC=C1Cc1ccccc1. The summed E-state index contributed by atoms with van der Waals surface area (Å²) in [6.07, 6.45) is 5.67. The number of carbonyl (C=O) groups excluding carboxylic acids is 1. The molecule has 2 rings (SSSR count). The van der Waals surface area contributed by atoms with Crippen LogP contribution in [0.4, 0.5) is 0 Å². The zero-order valence-electron chi connectivity index (χ0n) is 13.4. The van der Waals surface area contributed by atoms with Crippen molar-refractivity contribution in [3.05, 3.63) is 47.7 Å². The highest BCUT2D eigenvalue weighted by Gasteiger charge is 2.28. The number of benzene rings is 1. The highest BCUT2D eigenvalue weighted by molar-refractivity contribution is 5.72. The molecule has 2 unspecified atom stereocenters. The van der Waals surface area contributed by atoms with Crippen molar-refractivity contribution in [2.24, 2.45) is 5.92 Å². The van der Waals surface area contributed by atoms with Crippen molar-refractivity contribution in [1.29, 1.82) is 0 Å². The number of hydroxylamine groups is 1. The Balaban J connectivity index is 1.91. The van der Waals surface area contributed by atoms with Gasteiger partial charge in [0.25, 0.3) is 6.29 Å². The minimum Gasteiger partial charge on any atom is -0.429 e. The lowest BCUT2D eigenvalue weighted by Gasteiger charge is -2.18. The van der Waals surface area contributed by atoms with Crippen molar-refractivity contribution >= 4 is 5.97 Å². The van der Waals surface area contributed by atoms with Gasteiger partial charge < -0.3 is 4.74 Å². The zero-order chi connectivity index (χ0) is 15.8. The molecule has 1 aliphatic rings. The van der Waals surface area contributed by atoms with Gasteiger partial charge in [0, 0.05) is 18.2 Å². The van der Waals surface area contributed by atoms with E-state index in [-0.39, 0.29) is 11.9 Å². The van der Waals surface area contributed by atoms with E-state index in [0.717, 1.165) is 31.3 Å². The van der Waals surface area contributed by atoms with Gasteiger partial charge in [0.1, 0.15) is 0 Å². The zero-order valence-corrected chi connectivity index (χ0v) is 13.4. The summed E-state index contributed by atoms with van der Waals surface area (Å²) in [4.78, 5) is 17.6. The van der Waals surface area contributed by atoms with E-state index in [2.05, 4.69) is 12.4 Å². The molecule has 22 heavy (non-hydrogen) atoms. The summed E-state index contributed by atoms with van der Waals surface area (Å²) in [7, 11) is 0. The monoisotopic (exact) mass is 303 g/mol. The molecule has 0 spiro atoms. The first-order chi connectivity index (χ1) is 10.7. The molecule has 0 radical (unpaired) electrons. The number of nitrogens with one attached hydrogen (secondary N) is 1. The summed E-state index contributed by atoms with van der Waals surface area (Å²) >= 11 is 0. The number of rotatable bonds is 8. The van der Waals surface area contributed by atoms with Gasteiger partial charge in [0.2, 0.25) is 0 Å². The average Bonchev–Trinajstić information content (AvgIpc) is 2.96. The summed E-state index contributed by atoms with van der Waals surface area (Å²) in [5.74, 6) is -0.203. The summed E-state index contributed by atoms with van der Waals surface area (Å²) < 4.78 is 5.55. The van der Waals surface area contributed by atoms with Crippen molar-refractivity contribution in [3.63, 3.8) is 0 Å². The lowest BCUT2D eigenvalue weighted by molar-refractivity contribution is -0.179. The predicted molar refractivity (Wildman–Crippen MR) is 85.6 cm³/mol. The average molecular weight is 303 g/mol. The molecule has 0 fully saturated rings. The Hall–Kier alpha value is -1.81. The van der Waals surface area contributed by atoms with E-state index in [0.29, 0.717) is 6.42 Å². The molecular weight excluding hydrogens is 278 g/mol. The number of ether oxygens (including phenoxy) is 1. The van der Waals surface area contributed by atoms with Crippen molar-refractivity contribution < 1.29 is 14.4 Å². The molecule has 0 aliphatic carbocycles. The van der Waals surface area contributed by atoms with Crippen LogP contribution < -0.4 is 5.48 Å². The molecule has 1 aromatic rings. The van der Waals surface area contributed by atoms with Crippen LogP contribution in [0, 0.1) is 5.92 Å². The number of hydrogen-bond donors (Lipinski definition) is 1. The molecule has 2 atom stereocenters. The normalized spacial score (nSPS) is 18.5. The Bertz CT molecular complexity index is 498. The van der Waals surface area contributed by atoms with Gasteiger partial charge in [-0.15, -0.1) is 0 Å². The molecule has 0 bridgehead atoms. The Labute approximate surface area is 132 Å². The van der Waals surface area contributed by atoms with Gasteiger partial charge in [0.05, 0.1) is 5.92 Å². The van der Waals surface area contributed by atoms with Gasteiger partial charge in [0.15, 0.2) is 0 Å². The Morgan fingerprint density at radius 1 is 1.32 bits per heavy atom. The van der Waals surface area contributed by atoms with E-state index in [1.165, 1.54) is 5.56 Å². The molecule has 0 amide bonds. The molecule has 1 aromatic carbocycles. The molecule has 0 aromatic heterocycles. The van der Waals surface area contributed by atoms with E-state index in [9.17, 15) is 4.79 Å². The Morgan fingerprint density at radius 3 is 2.77 bits per heavy atom. The number of hydrogen-bond acceptors (Lipinski definition) is 4. The topological polar surface area (TPSA) is 47.6 Å². The minimum absolute atomic E-state index is 0.0397. The molecular formula is C18H25NO3. The van der Waals surface area contributed by atoms with Gasteiger partial charge in [-0.3, -0.25) is 10.3 Å². The summed E-state index contributed by atoms with van der Waals surface area (Å²) in [5.41, 5.74) is 4.81. The van der Waals surface area contributed by atoms with Crippen LogP contribution in [0.15, 0.2) is 42.1 Å². The van der Waals surface area contributed by atoms with Crippen molar-refractivity contribution in [2.45, 2.75) is 52.2 Å². The maximum absolute atomic E-state index is 12.3. The first-order valence-corrected chi connectivity index (χ1v) is 8.09. The van der Waals surface area contributed by atoms with E-state index < -0.39 is 6.29 Å². The van der Waals surface area contributed by atoms with Crippen LogP contribution in [0.25, 0.3) is 0 Å². The molecule has 4 nitrogen and oxygen atoms in total. The first-order valence-electron chi connectivity index (χ1n) is 8.09. The maximum atomic E-state index is 12.3. The van der Waals surface area contributed by atoms with Gasteiger partial charge in [-0.2, -0.15) is 0 Å². The standard InChI is InChI=1S/C18H25NO3/c1-3-5-11-15(4-2)17(20)21-18-16(13-19-22-18)12-14-9-7-6-8-10-14/h6-10,13,15,18-19H,3-5,11-12H2,1-2H3. The first kappa shape index (κ1) is 16.6. The third-order valence-electron chi connectivity index (χ3n) is 3.93. The Morgan fingerprint density at radius 2 is 2.09 bits per heavy atom. The number of carbonyl (C=O) groups is 1. The van der Waals surface area contributed by atoms with E-state index in [1.807, 2.05) is 37.3 Å². The van der Waals surface area contributed by atoms with Crippen LogP contribution in [-0.4, -0.2) is 12.3 Å². The lowest BCUT2D eigenvalue weighted by atomic mass is 9.99.